The molecule has 3 heterocycles. The second-order valence-corrected chi connectivity index (χ2v) is 6.81. The molecule has 2 aromatic heterocycles. The predicted molar refractivity (Wildman–Crippen MR) is 85.7 cm³/mol. The Morgan fingerprint density at radius 2 is 1.95 bits per heavy atom. The molecule has 0 N–H and O–H groups in total. The van der Waals surface area contributed by atoms with Crippen LogP contribution in [0.15, 0.2) is 30.6 Å². The molecular formula is C18H19N3O. The number of anilines is 1. The number of hydrogen-bond donors (Lipinski definition) is 0. The number of nitrogens with zero attached hydrogens (tertiary/aromatic N) is 3. The van der Waals surface area contributed by atoms with Crippen LogP contribution in [0.3, 0.4) is 0 Å². The van der Waals surface area contributed by atoms with E-state index in [-0.39, 0.29) is 5.91 Å². The first-order valence-electron chi connectivity index (χ1n) is 7.76. The lowest BCUT2D eigenvalue weighted by atomic mass is 9.87. The molecule has 22 heavy (non-hydrogen) atoms. The lowest BCUT2D eigenvalue weighted by Gasteiger charge is -2.19. The van der Waals surface area contributed by atoms with Gasteiger partial charge in [0.2, 0.25) is 5.91 Å². The molecule has 1 fully saturated rings. The number of pyridine rings is 2. The maximum Gasteiger partial charge on any atom is 0.237 e. The number of hydrogen-bond acceptors (Lipinski definition) is 3. The van der Waals surface area contributed by atoms with Gasteiger partial charge in [0.15, 0.2) is 0 Å². The van der Waals surface area contributed by atoms with Gasteiger partial charge in [-0.05, 0) is 51.8 Å². The number of aryl methyl sites for hydroxylation is 1. The molecule has 0 spiro atoms. The third kappa shape index (κ3) is 1.86. The minimum atomic E-state index is -0.477. The minimum absolute atomic E-state index is 0.200. The summed E-state index contributed by atoms with van der Waals surface area (Å²) >= 11 is 0. The van der Waals surface area contributed by atoms with Gasteiger partial charge in [-0.25, -0.2) is 0 Å². The first kappa shape index (κ1) is 13.4. The average molecular weight is 293 g/mol. The molecule has 0 atom stereocenters. The molecule has 2 aliphatic rings. The van der Waals surface area contributed by atoms with Gasteiger partial charge in [0.05, 0.1) is 16.8 Å². The van der Waals surface area contributed by atoms with E-state index >= 15 is 0 Å². The standard InChI is InChI=1S/C18H19N3O/c1-11-4-5-12(9-19-11)15-8-16-14(10-20-15)18(2,3)17(22)21(16)13-6-7-13/h4-5,8-10,13H,6-7H2,1-3H3. The molecule has 0 saturated heterocycles. The van der Waals surface area contributed by atoms with Crippen LogP contribution in [0, 0.1) is 6.92 Å². The van der Waals surface area contributed by atoms with Crippen LogP contribution in [0.1, 0.15) is 37.9 Å². The minimum Gasteiger partial charge on any atom is -0.308 e. The summed E-state index contributed by atoms with van der Waals surface area (Å²) in [5, 5.41) is 0. The topological polar surface area (TPSA) is 46.1 Å². The molecule has 4 heteroatoms. The molecule has 112 valence electrons. The van der Waals surface area contributed by atoms with Gasteiger partial charge >= 0.3 is 0 Å². The van der Waals surface area contributed by atoms with Gasteiger partial charge in [-0.2, -0.15) is 0 Å². The maximum atomic E-state index is 12.7. The Morgan fingerprint density at radius 1 is 1.18 bits per heavy atom. The van der Waals surface area contributed by atoms with Crippen LogP contribution in [-0.2, 0) is 10.2 Å². The van der Waals surface area contributed by atoms with Crippen LogP contribution in [-0.4, -0.2) is 21.9 Å². The Labute approximate surface area is 130 Å². The van der Waals surface area contributed by atoms with Crippen molar-refractivity contribution in [1.82, 2.24) is 9.97 Å². The van der Waals surface area contributed by atoms with Crippen molar-refractivity contribution in [3.63, 3.8) is 0 Å². The number of rotatable bonds is 2. The summed E-state index contributed by atoms with van der Waals surface area (Å²) in [4.78, 5) is 23.6. The smallest absolute Gasteiger partial charge is 0.237 e. The zero-order valence-corrected chi connectivity index (χ0v) is 13.1. The van der Waals surface area contributed by atoms with E-state index in [1.165, 1.54) is 0 Å². The SMILES string of the molecule is Cc1ccc(-c2cc3c(cn2)C(C)(C)C(=O)N3C2CC2)cn1. The van der Waals surface area contributed by atoms with Gasteiger partial charge in [0, 0.05) is 35.3 Å². The molecular weight excluding hydrogens is 274 g/mol. The Balaban J connectivity index is 1.84. The highest BCUT2D eigenvalue weighted by atomic mass is 16.2. The summed E-state index contributed by atoms with van der Waals surface area (Å²) in [6.45, 7) is 5.95. The lowest BCUT2D eigenvalue weighted by molar-refractivity contribution is -0.122. The van der Waals surface area contributed by atoms with E-state index < -0.39 is 5.41 Å². The Morgan fingerprint density at radius 3 is 2.59 bits per heavy atom. The van der Waals surface area contributed by atoms with Crippen molar-refractivity contribution in [2.75, 3.05) is 4.90 Å². The summed E-state index contributed by atoms with van der Waals surface area (Å²) < 4.78 is 0. The molecule has 2 aromatic rings. The van der Waals surface area contributed by atoms with Gasteiger partial charge in [-0.1, -0.05) is 0 Å². The average Bonchev–Trinajstić information content (AvgIpc) is 3.30. The third-order valence-corrected chi connectivity index (χ3v) is 4.69. The van der Waals surface area contributed by atoms with E-state index in [1.54, 1.807) is 0 Å². The third-order valence-electron chi connectivity index (χ3n) is 4.69. The van der Waals surface area contributed by atoms with Crippen molar-refractivity contribution in [3.8, 4) is 11.3 Å². The van der Waals surface area contributed by atoms with E-state index in [4.69, 9.17) is 0 Å². The highest BCUT2D eigenvalue weighted by Crippen LogP contribution is 2.47. The van der Waals surface area contributed by atoms with Crippen molar-refractivity contribution < 1.29 is 4.79 Å². The van der Waals surface area contributed by atoms with Crippen LogP contribution >= 0.6 is 0 Å². The predicted octanol–water partition coefficient (Wildman–Crippen LogP) is 3.24. The Kier molecular flexibility index (Phi) is 2.68. The van der Waals surface area contributed by atoms with E-state index in [0.29, 0.717) is 6.04 Å². The molecule has 4 nitrogen and oxygen atoms in total. The fraction of sp³-hybridized carbons (Fsp3) is 0.389. The first-order valence-corrected chi connectivity index (χ1v) is 7.76. The second-order valence-electron chi connectivity index (χ2n) is 6.81. The van der Waals surface area contributed by atoms with Gasteiger partial charge < -0.3 is 4.90 Å². The van der Waals surface area contributed by atoms with Crippen molar-refractivity contribution in [2.24, 2.45) is 0 Å². The van der Waals surface area contributed by atoms with Crippen molar-refractivity contribution in [2.45, 2.75) is 45.1 Å². The van der Waals surface area contributed by atoms with E-state index in [2.05, 4.69) is 9.97 Å². The van der Waals surface area contributed by atoms with Gasteiger partial charge in [0.25, 0.3) is 0 Å². The van der Waals surface area contributed by atoms with Crippen LogP contribution < -0.4 is 4.90 Å². The summed E-state index contributed by atoms with van der Waals surface area (Å²) in [7, 11) is 0. The molecule has 1 saturated carbocycles. The molecule has 4 rings (SSSR count). The van der Waals surface area contributed by atoms with E-state index in [0.717, 1.165) is 41.0 Å². The summed E-state index contributed by atoms with van der Waals surface area (Å²) in [5.74, 6) is 0.200. The van der Waals surface area contributed by atoms with Crippen molar-refractivity contribution in [1.29, 1.82) is 0 Å². The quantitative estimate of drug-likeness (QED) is 0.854. The largest absolute Gasteiger partial charge is 0.308 e. The fourth-order valence-electron chi connectivity index (χ4n) is 3.12. The molecule has 0 unspecified atom stereocenters. The Hall–Kier alpha value is -2.23. The van der Waals surface area contributed by atoms with Crippen LogP contribution in [0.4, 0.5) is 5.69 Å². The molecule has 0 bridgehead atoms. The maximum absolute atomic E-state index is 12.7. The summed E-state index contributed by atoms with van der Waals surface area (Å²) in [6.07, 6.45) is 5.91. The fourth-order valence-corrected chi connectivity index (χ4v) is 3.12. The van der Waals surface area contributed by atoms with Crippen molar-refractivity contribution in [3.05, 3.63) is 41.9 Å². The molecule has 1 aliphatic carbocycles. The van der Waals surface area contributed by atoms with Gasteiger partial charge in [0.1, 0.15) is 0 Å². The zero-order chi connectivity index (χ0) is 15.5. The molecule has 1 aliphatic heterocycles. The van der Waals surface area contributed by atoms with Crippen LogP contribution in [0.5, 0.6) is 0 Å². The number of amides is 1. The highest BCUT2D eigenvalue weighted by molar-refractivity contribution is 6.08. The van der Waals surface area contributed by atoms with E-state index in [1.807, 2.05) is 56.3 Å². The number of carbonyl (C=O) groups excluding carboxylic acids is 1. The van der Waals surface area contributed by atoms with Crippen LogP contribution in [0.25, 0.3) is 11.3 Å². The Bertz CT molecular complexity index is 760. The summed E-state index contributed by atoms with van der Waals surface area (Å²) in [5.41, 5.74) is 4.44. The molecule has 0 radical (unpaired) electrons. The lowest BCUT2D eigenvalue weighted by Crippen LogP contribution is -2.37. The second kappa shape index (κ2) is 4.38. The summed E-state index contributed by atoms with van der Waals surface area (Å²) in [6, 6.07) is 6.44. The molecule has 0 aromatic carbocycles. The first-order chi connectivity index (χ1) is 10.5. The van der Waals surface area contributed by atoms with Gasteiger partial charge in [-0.3, -0.25) is 14.8 Å². The van der Waals surface area contributed by atoms with Gasteiger partial charge in [-0.15, -0.1) is 0 Å². The van der Waals surface area contributed by atoms with Crippen LogP contribution in [0.2, 0.25) is 0 Å². The van der Waals surface area contributed by atoms with E-state index in [9.17, 15) is 4.79 Å². The highest BCUT2D eigenvalue weighted by Gasteiger charge is 2.49. The van der Waals surface area contributed by atoms with Crippen molar-refractivity contribution >= 4 is 11.6 Å². The zero-order valence-electron chi connectivity index (χ0n) is 13.1. The normalized spacial score (nSPS) is 19.4. The number of fused-ring (bicyclic) bond motifs is 1. The molecule has 1 amide bonds. The number of aromatic nitrogens is 2. The monoisotopic (exact) mass is 293 g/mol. The number of carbonyl (C=O) groups is 1.